The van der Waals surface area contributed by atoms with Gasteiger partial charge in [-0.25, -0.2) is 18.3 Å². The molecule has 1 aromatic heterocycles. The summed E-state index contributed by atoms with van der Waals surface area (Å²) in [6.07, 6.45) is 1.18. The van der Waals surface area contributed by atoms with Gasteiger partial charge in [0.25, 0.3) is 5.69 Å². The first kappa shape index (κ1) is 17.1. The van der Waals surface area contributed by atoms with E-state index in [-0.39, 0.29) is 29.2 Å². The van der Waals surface area contributed by atoms with Crippen LogP contribution < -0.4 is 4.74 Å². The van der Waals surface area contributed by atoms with Crippen LogP contribution in [0, 0.1) is 21.7 Å². The molecule has 2 aromatic carbocycles. The van der Waals surface area contributed by atoms with Crippen LogP contribution in [0.3, 0.4) is 0 Å². The van der Waals surface area contributed by atoms with Gasteiger partial charge in [0.05, 0.1) is 17.7 Å². The molecule has 1 heterocycles. The number of ether oxygens (including phenoxy) is 1. The van der Waals surface area contributed by atoms with Crippen LogP contribution in [-0.2, 0) is 6.54 Å². The number of rotatable bonds is 5. The number of non-ortho nitro benzene ring substituents is 1. The summed E-state index contributed by atoms with van der Waals surface area (Å²) in [5.41, 5.74) is -0.546. The fourth-order valence-electron chi connectivity index (χ4n) is 2.11. The number of esters is 1. The minimum absolute atomic E-state index is 0.0790. The van der Waals surface area contributed by atoms with Crippen molar-refractivity contribution in [2.24, 2.45) is 0 Å². The molecule has 10 heteroatoms. The van der Waals surface area contributed by atoms with E-state index in [1.165, 1.54) is 36.5 Å². The smallest absolute Gasteiger partial charge is 0.365 e. The molecule has 0 aliphatic rings. The second-order valence-electron chi connectivity index (χ2n) is 5.14. The van der Waals surface area contributed by atoms with Crippen LogP contribution in [0.1, 0.15) is 16.1 Å². The summed E-state index contributed by atoms with van der Waals surface area (Å²) in [7, 11) is 0. The Kier molecular flexibility index (Phi) is 4.65. The standard InChI is InChI=1S/C16H10F2N4O4/c17-13-2-1-3-14(18)12(13)8-21-9-15(19-20-21)16(23)26-11-6-4-10(5-7-11)22(24)25/h1-7,9H,8H2. The van der Waals surface area contributed by atoms with Crippen molar-refractivity contribution in [3.8, 4) is 5.75 Å². The number of carbonyl (C=O) groups is 1. The third kappa shape index (κ3) is 3.69. The van der Waals surface area contributed by atoms with Crippen LogP contribution in [0.2, 0.25) is 0 Å². The van der Waals surface area contributed by atoms with Crippen molar-refractivity contribution in [3.05, 3.63) is 81.7 Å². The molecule has 26 heavy (non-hydrogen) atoms. The molecule has 0 aliphatic carbocycles. The quantitative estimate of drug-likeness (QED) is 0.300. The summed E-state index contributed by atoms with van der Waals surface area (Å²) in [5.74, 6) is -2.26. The predicted octanol–water partition coefficient (Wildman–Crippen LogP) is 2.73. The van der Waals surface area contributed by atoms with Crippen molar-refractivity contribution in [1.82, 2.24) is 15.0 Å². The molecule has 132 valence electrons. The Morgan fingerprint density at radius 2 is 1.81 bits per heavy atom. The van der Waals surface area contributed by atoms with Crippen molar-refractivity contribution in [1.29, 1.82) is 0 Å². The molecule has 0 aliphatic heterocycles. The molecule has 0 atom stereocenters. The normalized spacial score (nSPS) is 10.5. The molecule has 0 saturated heterocycles. The minimum atomic E-state index is -0.862. The summed E-state index contributed by atoms with van der Waals surface area (Å²) in [6.45, 7) is -0.254. The van der Waals surface area contributed by atoms with Crippen LogP contribution in [0.15, 0.2) is 48.7 Å². The van der Waals surface area contributed by atoms with Crippen LogP contribution in [-0.4, -0.2) is 25.9 Å². The van der Waals surface area contributed by atoms with Gasteiger partial charge in [-0.1, -0.05) is 11.3 Å². The van der Waals surface area contributed by atoms with Gasteiger partial charge in [0, 0.05) is 17.7 Å². The zero-order valence-corrected chi connectivity index (χ0v) is 13.0. The topological polar surface area (TPSA) is 100 Å². The monoisotopic (exact) mass is 360 g/mol. The third-order valence-electron chi connectivity index (χ3n) is 3.39. The van der Waals surface area contributed by atoms with Crippen LogP contribution in [0.4, 0.5) is 14.5 Å². The highest BCUT2D eigenvalue weighted by molar-refractivity contribution is 5.88. The summed E-state index contributed by atoms with van der Waals surface area (Å²) in [6, 6.07) is 8.34. The van der Waals surface area contributed by atoms with Gasteiger partial charge >= 0.3 is 5.97 Å². The van der Waals surface area contributed by atoms with Crippen molar-refractivity contribution in [2.75, 3.05) is 0 Å². The van der Waals surface area contributed by atoms with E-state index in [0.717, 1.165) is 16.8 Å². The van der Waals surface area contributed by atoms with Gasteiger partial charge in [-0.3, -0.25) is 10.1 Å². The maximum Gasteiger partial charge on any atom is 0.365 e. The zero-order valence-electron chi connectivity index (χ0n) is 13.0. The van der Waals surface area contributed by atoms with Gasteiger partial charge < -0.3 is 4.74 Å². The molecular weight excluding hydrogens is 350 g/mol. The maximum atomic E-state index is 13.6. The van der Waals surface area contributed by atoms with Crippen molar-refractivity contribution in [3.63, 3.8) is 0 Å². The third-order valence-corrected chi connectivity index (χ3v) is 3.39. The molecule has 0 unspecified atom stereocenters. The Bertz CT molecular complexity index is 952. The van der Waals surface area contributed by atoms with Crippen LogP contribution in [0.5, 0.6) is 5.75 Å². The number of nitro groups is 1. The summed E-state index contributed by atoms with van der Waals surface area (Å²) < 4.78 is 33.4. The lowest BCUT2D eigenvalue weighted by Gasteiger charge is -2.04. The highest BCUT2D eigenvalue weighted by Gasteiger charge is 2.16. The number of nitro benzene ring substituents is 1. The van der Waals surface area contributed by atoms with Crippen molar-refractivity contribution < 1.29 is 23.2 Å². The lowest BCUT2D eigenvalue weighted by molar-refractivity contribution is -0.384. The lowest BCUT2D eigenvalue weighted by Crippen LogP contribution is -2.09. The van der Waals surface area contributed by atoms with E-state index in [1.807, 2.05) is 0 Å². The van der Waals surface area contributed by atoms with Gasteiger partial charge in [0.2, 0.25) is 0 Å². The highest BCUT2D eigenvalue weighted by Crippen LogP contribution is 2.18. The number of carbonyl (C=O) groups excluding carboxylic acids is 1. The molecule has 0 amide bonds. The Hall–Kier alpha value is -3.69. The van der Waals surface area contributed by atoms with Gasteiger partial charge in [0.1, 0.15) is 17.4 Å². The molecular formula is C16H10F2N4O4. The first-order chi connectivity index (χ1) is 12.4. The van der Waals surface area contributed by atoms with Crippen molar-refractivity contribution >= 4 is 11.7 Å². The summed E-state index contributed by atoms with van der Waals surface area (Å²) in [5, 5.41) is 17.8. The average Bonchev–Trinajstić information content (AvgIpc) is 3.07. The molecule has 3 aromatic rings. The fourth-order valence-corrected chi connectivity index (χ4v) is 2.11. The Morgan fingerprint density at radius 1 is 1.15 bits per heavy atom. The number of benzene rings is 2. The molecule has 0 bridgehead atoms. The van der Waals surface area contributed by atoms with Gasteiger partial charge in [-0.2, -0.15) is 0 Å². The largest absolute Gasteiger partial charge is 0.422 e. The summed E-state index contributed by atoms with van der Waals surface area (Å²) >= 11 is 0. The maximum absolute atomic E-state index is 13.6. The highest BCUT2D eigenvalue weighted by atomic mass is 19.1. The van der Waals surface area contributed by atoms with Gasteiger partial charge in [0.15, 0.2) is 5.69 Å². The first-order valence-corrected chi connectivity index (χ1v) is 7.23. The van der Waals surface area contributed by atoms with E-state index in [1.54, 1.807) is 0 Å². The van der Waals surface area contributed by atoms with E-state index < -0.39 is 22.5 Å². The molecule has 8 nitrogen and oxygen atoms in total. The molecule has 0 saturated carbocycles. The fraction of sp³-hybridized carbons (Fsp3) is 0.0625. The SMILES string of the molecule is O=C(Oc1ccc([N+](=O)[O-])cc1)c1cn(Cc2c(F)cccc2F)nn1. The van der Waals surface area contributed by atoms with Crippen LogP contribution >= 0.6 is 0 Å². The predicted molar refractivity (Wildman–Crippen MR) is 83.5 cm³/mol. The minimum Gasteiger partial charge on any atom is -0.422 e. The van der Waals surface area contributed by atoms with Crippen molar-refractivity contribution in [2.45, 2.75) is 6.54 Å². The van der Waals surface area contributed by atoms with E-state index in [0.29, 0.717) is 0 Å². The van der Waals surface area contributed by atoms with E-state index in [4.69, 9.17) is 4.74 Å². The number of aromatic nitrogens is 3. The first-order valence-electron chi connectivity index (χ1n) is 7.23. The Balaban J connectivity index is 1.71. The molecule has 0 radical (unpaired) electrons. The van der Waals surface area contributed by atoms with Crippen LogP contribution in [0.25, 0.3) is 0 Å². The van der Waals surface area contributed by atoms with Gasteiger partial charge in [-0.15, -0.1) is 5.10 Å². The second-order valence-corrected chi connectivity index (χ2v) is 5.14. The lowest BCUT2D eigenvalue weighted by atomic mass is 10.2. The molecule has 0 spiro atoms. The number of hydrogen-bond acceptors (Lipinski definition) is 6. The van der Waals surface area contributed by atoms with E-state index in [2.05, 4.69) is 10.3 Å². The number of nitrogens with zero attached hydrogens (tertiary/aromatic N) is 4. The second kappa shape index (κ2) is 7.05. The Labute approximate surface area is 144 Å². The van der Waals surface area contributed by atoms with Gasteiger partial charge in [-0.05, 0) is 24.3 Å². The molecule has 0 N–H and O–H groups in total. The van der Waals surface area contributed by atoms with E-state index in [9.17, 15) is 23.7 Å². The molecule has 0 fully saturated rings. The molecule has 3 rings (SSSR count). The van der Waals surface area contributed by atoms with E-state index >= 15 is 0 Å². The number of hydrogen-bond donors (Lipinski definition) is 0. The summed E-state index contributed by atoms with van der Waals surface area (Å²) in [4.78, 5) is 22.0. The zero-order chi connectivity index (χ0) is 18.7. The average molecular weight is 360 g/mol. The number of halogens is 2. The Morgan fingerprint density at radius 3 is 2.42 bits per heavy atom.